The third kappa shape index (κ3) is 4.00. The second-order valence-corrected chi connectivity index (χ2v) is 11.7. The molecule has 4 fully saturated rings. The largest absolute Gasteiger partial charge is 0.461 e. The highest BCUT2D eigenvalue weighted by Gasteiger charge is 2.64. The molecule has 0 N–H and O–H groups in total. The summed E-state index contributed by atoms with van der Waals surface area (Å²) in [6, 6.07) is 0. The molecule has 4 aliphatic rings. The molecule has 4 aliphatic carbocycles. The summed E-state index contributed by atoms with van der Waals surface area (Å²) >= 11 is 11.5. The smallest absolute Gasteiger partial charge is 0.321 e. The van der Waals surface area contributed by atoms with Crippen molar-refractivity contribution < 1.29 is 23.9 Å². The number of hydrogen-bond donors (Lipinski definition) is 0. The number of esters is 2. The van der Waals surface area contributed by atoms with Gasteiger partial charge in [-0.15, -0.1) is 23.2 Å². The summed E-state index contributed by atoms with van der Waals surface area (Å²) < 4.78 is 11.6. The molecule has 4 rings (SSSR count). The predicted molar refractivity (Wildman–Crippen MR) is 122 cm³/mol. The minimum atomic E-state index is -0.370. The molecule has 7 heteroatoms. The van der Waals surface area contributed by atoms with Crippen molar-refractivity contribution in [3.63, 3.8) is 0 Å². The molecule has 0 bridgehead atoms. The predicted octanol–water partition coefficient (Wildman–Crippen LogP) is 5.15. The molecule has 9 atom stereocenters. The maximum Gasteiger partial charge on any atom is 0.321 e. The molecule has 0 aliphatic heterocycles. The van der Waals surface area contributed by atoms with Crippen LogP contribution in [0.2, 0.25) is 0 Å². The van der Waals surface area contributed by atoms with E-state index in [-0.39, 0.29) is 64.4 Å². The second-order valence-electron chi connectivity index (χ2n) is 11.2. The average molecular weight is 487 g/mol. The van der Waals surface area contributed by atoms with Gasteiger partial charge in [0.15, 0.2) is 0 Å². The molecular formula is C25H36Cl2O5. The lowest BCUT2D eigenvalue weighted by Gasteiger charge is -2.62. The van der Waals surface area contributed by atoms with E-state index in [0.29, 0.717) is 17.8 Å². The van der Waals surface area contributed by atoms with Crippen LogP contribution in [0.1, 0.15) is 72.1 Å². The molecule has 0 heterocycles. The fourth-order valence-corrected chi connectivity index (χ4v) is 8.74. The van der Waals surface area contributed by atoms with Gasteiger partial charge in [0, 0.05) is 11.8 Å². The Hall–Kier alpha value is -0.810. The average Bonchev–Trinajstić information content (AvgIpc) is 3.10. The van der Waals surface area contributed by atoms with Gasteiger partial charge < -0.3 is 9.47 Å². The van der Waals surface area contributed by atoms with Crippen LogP contribution in [0.4, 0.5) is 0 Å². The van der Waals surface area contributed by atoms with Gasteiger partial charge in [-0.1, -0.05) is 13.8 Å². The van der Waals surface area contributed by atoms with Gasteiger partial charge >= 0.3 is 11.9 Å². The van der Waals surface area contributed by atoms with Crippen molar-refractivity contribution in [2.24, 2.45) is 40.4 Å². The number of hydrogen-bond acceptors (Lipinski definition) is 5. The van der Waals surface area contributed by atoms with Crippen LogP contribution in [0.3, 0.4) is 0 Å². The van der Waals surface area contributed by atoms with Gasteiger partial charge in [-0.3, -0.25) is 14.4 Å². The lowest BCUT2D eigenvalue weighted by molar-refractivity contribution is -0.200. The first-order valence-electron chi connectivity index (χ1n) is 12.2. The number of halogens is 2. The molecule has 0 amide bonds. The Labute approximate surface area is 201 Å². The Morgan fingerprint density at radius 3 is 2.25 bits per heavy atom. The van der Waals surface area contributed by atoms with Gasteiger partial charge in [-0.2, -0.15) is 0 Å². The van der Waals surface area contributed by atoms with Crippen LogP contribution in [-0.4, -0.2) is 41.7 Å². The van der Waals surface area contributed by atoms with Crippen LogP contribution in [0, 0.1) is 40.4 Å². The van der Waals surface area contributed by atoms with Crippen LogP contribution in [0.5, 0.6) is 0 Å². The molecule has 3 unspecified atom stereocenters. The van der Waals surface area contributed by atoms with E-state index in [1.807, 2.05) is 0 Å². The van der Waals surface area contributed by atoms with E-state index in [1.165, 1.54) is 0 Å². The van der Waals surface area contributed by atoms with E-state index < -0.39 is 0 Å². The zero-order chi connectivity index (χ0) is 23.3. The van der Waals surface area contributed by atoms with Gasteiger partial charge in [0.25, 0.3) is 0 Å². The first-order valence-corrected chi connectivity index (χ1v) is 13.2. The van der Waals surface area contributed by atoms with Gasteiger partial charge in [-0.05, 0) is 86.9 Å². The Morgan fingerprint density at radius 1 is 0.906 bits per heavy atom. The van der Waals surface area contributed by atoms with E-state index in [4.69, 9.17) is 32.7 Å². The van der Waals surface area contributed by atoms with Crippen molar-refractivity contribution in [1.82, 2.24) is 0 Å². The topological polar surface area (TPSA) is 69.7 Å². The Morgan fingerprint density at radius 2 is 1.59 bits per heavy atom. The van der Waals surface area contributed by atoms with Crippen LogP contribution in [0.25, 0.3) is 0 Å². The third-order valence-corrected chi connectivity index (χ3v) is 10.3. The lowest BCUT2D eigenvalue weighted by atomic mass is 9.43. The number of alkyl halides is 2. The summed E-state index contributed by atoms with van der Waals surface area (Å²) in [5.74, 6) is 0.908. The highest BCUT2D eigenvalue weighted by molar-refractivity contribution is 6.26. The molecule has 0 aromatic heterocycles. The van der Waals surface area contributed by atoms with Crippen molar-refractivity contribution in [2.45, 2.75) is 84.3 Å². The molecule has 0 aromatic carbocycles. The van der Waals surface area contributed by atoms with Crippen LogP contribution in [0.15, 0.2) is 0 Å². The summed E-state index contributed by atoms with van der Waals surface area (Å²) in [7, 11) is 0. The number of carbonyl (C=O) groups is 3. The van der Waals surface area contributed by atoms with Gasteiger partial charge in [0.2, 0.25) is 0 Å². The first kappa shape index (κ1) is 24.3. The summed E-state index contributed by atoms with van der Waals surface area (Å²) in [4.78, 5) is 36.6. The number of Topliss-reactive ketones (excluding diaryl/α,β-unsaturated/α-hetero) is 1. The molecule has 32 heavy (non-hydrogen) atoms. The van der Waals surface area contributed by atoms with Crippen LogP contribution >= 0.6 is 23.2 Å². The Balaban J connectivity index is 1.64. The molecule has 0 saturated heterocycles. The molecule has 180 valence electrons. The van der Waals surface area contributed by atoms with E-state index >= 15 is 0 Å². The molecule has 0 aromatic rings. The fraction of sp³-hybridized carbons (Fsp3) is 0.880. The maximum absolute atomic E-state index is 12.5. The van der Waals surface area contributed by atoms with Crippen molar-refractivity contribution >= 4 is 40.9 Å². The second kappa shape index (κ2) is 9.09. The SMILES string of the molecule is CC(=O)[C@H]1CC[C@H]2[C@@H]3CCC4CC(OC(=O)CCl)CC[C@]4(C)[C@H]3C(OC(=O)CCl)C[C@]12C. The molecular weight excluding hydrogens is 451 g/mol. The number of ether oxygens (including phenoxy) is 2. The standard InChI is InChI=1S/C25H36Cl2O5/c1-14(28)18-6-7-19-17-5-4-15-10-16(31-21(29)12-26)8-9-24(15,2)23(17)20(11-25(18,19)3)32-22(30)13-27/h15-20,23H,4-13H2,1-3H3/t15?,16?,17-,18+,19-,20?,23+,24-,25+/m0/s1. The minimum Gasteiger partial charge on any atom is -0.461 e. The summed E-state index contributed by atoms with van der Waals surface area (Å²) in [6.45, 7) is 6.33. The summed E-state index contributed by atoms with van der Waals surface area (Å²) in [5, 5.41) is 0. The highest BCUT2D eigenvalue weighted by Crippen LogP contribution is 2.68. The molecule has 0 spiro atoms. The van der Waals surface area contributed by atoms with E-state index in [0.717, 1.165) is 51.4 Å². The van der Waals surface area contributed by atoms with Crippen molar-refractivity contribution in [3.05, 3.63) is 0 Å². The summed E-state index contributed by atoms with van der Waals surface area (Å²) in [6.07, 6.45) is 7.20. The normalized spacial score (nSPS) is 45.2. The fourth-order valence-electron chi connectivity index (χ4n) is 8.61. The van der Waals surface area contributed by atoms with Crippen molar-refractivity contribution in [2.75, 3.05) is 11.8 Å². The molecule has 5 nitrogen and oxygen atoms in total. The van der Waals surface area contributed by atoms with Crippen LogP contribution < -0.4 is 0 Å². The number of rotatable bonds is 5. The maximum atomic E-state index is 12.5. The molecule has 4 saturated carbocycles. The van der Waals surface area contributed by atoms with E-state index in [1.54, 1.807) is 6.92 Å². The monoisotopic (exact) mass is 486 g/mol. The number of ketones is 1. The highest BCUT2D eigenvalue weighted by atomic mass is 35.5. The zero-order valence-electron chi connectivity index (χ0n) is 19.4. The third-order valence-electron chi connectivity index (χ3n) is 9.81. The van der Waals surface area contributed by atoms with E-state index in [9.17, 15) is 14.4 Å². The molecule has 0 radical (unpaired) electrons. The Bertz CT molecular complexity index is 771. The first-order chi connectivity index (χ1) is 15.1. The number of fused-ring (bicyclic) bond motifs is 5. The van der Waals surface area contributed by atoms with Crippen molar-refractivity contribution in [1.29, 1.82) is 0 Å². The quantitative estimate of drug-likeness (QED) is 0.397. The van der Waals surface area contributed by atoms with E-state index in [2.05, 4.69) is 13.8 Å². The number of carbonyl (C=O) groups excluding carboxylic acids is 3. The van der Waals surface area contributed by atoms with Crippen molar-refractivity contribution in [3.8, 4) is 0 Å². The van der Waals surface area contributed by atoms with Crippen LogP contribution in [-0.2, 0) is 23.9 Å². The summed E-state index contributed by atoms with van der Waals surface area (Å²) in [5.41, 5.74) is -0.111. The van der Waals surface area contributed by atoms with Gasteiger partial charge in [-0.25, -0.2) is 0 Å². The minimum absolute atomic E-state index is 0.0136. The lowest BCUT2D eigenvalue weighted by Crippen LogP contribution is -2.60. The Kier molecular flexibility index (Phi) is 6.91. The van der Waals surface area contributed by atoms with Gasteiger partial charge in [0.1, 0.15) is 29.8 Å². The zero-order valence-corrected chi connectivity index (χ0v) is 20.9. The van der Waals surface area contributed by atoms with Gasteiger partial charge in [0.05, 0.1) is 0 Å².